The number of cyclic esters (lactones) is 1. The van der Waals surface area contributed by atoms with Crippen LogP contribution in [0.1, 0.15) is 73.4 Å². The zero-order valence-corrected chi connectivity index (χ0v) is 23.1. The monoisotopic (exact) mass is 511 g/mol. The van der Waals surface area contributed by atoms with Gasteiger partial charge in [-0.25, -0.2) is 4.79 Å². The highest BCUT2D eigenvalue weighted by Crippen LogP contribution is 2.52. The number of anilines is 1. The molecule has 38 heavy (non-hydrogen) atoms. The van der Waals surface area contributed by atoms with Crippen molar-refractivity contribution in [3.8, 4) is 5.75 Å². The maximum atomic E-state index is 13.4. The van der Waals surface area contributed by atoms with Gasteiger partial charge in [0.25, 0.3) is 0 Å². The van der Waals surface area contributed by atoms with E-state index in [1.165, 1.54) is 0 Å². The van der Waals surface area contributed by atoms with E-state index in [9.17, 15) is 4.79 Å². The minimum Gasteiger partial charge on any atom is -0.493 e. The molecule has 6 heteroatoms. The molecule has 5 rings (SSSR count). The average Bonchev–Trinajstić information content (AvgIpc) is 3.39. The molecule has 1 atom stereocenters. The number of aromatic nitrogens is 2. The highest BCUT2D eigenvalue weighted by molar-refractivity contribution is 5.98. The predicted octanol–water partition coefficient (Wildman–Crippen LogP) is 6.85. The lowest BCUT2D eigenvalue weighted by atomic mass is 9.80. The number of rotatable bonds is 10. The molecule has 1 aliphatic rings. The standard InChI is InChI=1S/C32H37N3O3/c1-6-19-34(20-7-2)23-16-17-26(28(21-23)37-9-4)32(30-25(31(36)38-32)14-12-18-33-30)29-22(5)35(8-3)27-15-11-10-13-24(27)29/h10-18,21H,6-9,19-20H2,1-5H3. The van der Waals surface area contributed by atoms with E-state index in [0.29, 0.717) is 23.6 Å². The zero-order chi connectivity index (χ0) is 26.9. The number of ether oxygens (including phenoxy) is 2. The topological polar surface area (TPSA) is 56.6 Å². The van der Waals surface area contributed by atoms with Gasteiger partial charge in [0.1, 0.15) is 11.4 Å². The Morgan fingerprint density at radius 2 is 1.76 bits per heavy atom. The molecule has 6 nitrogen and oxygen atoms in total. The van der Waals surface area contributed by atoms with Crippen LogP contribution in [0.5, 0.6) is 5.75 Å². The Balaban J connectivity index is 1.86. The van der Waals surface area contributed by atoms with E-state index in [2.05, 4.69) is 67.5 Å². The summed E-state index contributed by atoms with van der Waals surface area (Å²) in [5.41, 5.74) is 4.86. The van der Waals surface area contributed by atoms with Crippen molar-refractivity contribution in [3.05, 3.63) is 88.9 Å². The quantitative estimate of drug-likeness (QED) is 0.218. The fourth-order valence-electron chi connectivity index (χ4n) is 6.05. The lowest BCUT2D eigenvalue weighted by Crippen LogP contribution is -2.32. The molecule has 0 radical (unpaired) electrons. The number of esters is 1. The molecule has 0 bridgehead atoms. The number of fused-ring (bicyclic) bond motifs is 2. The molecular formula is C32H37N3O3. The third-order valence-corrected chi connectivity index (χ3v) is 7.50. The Kier molecular flexibility index (Phi) is 7.15. The minimum absolute atomic E-state index is 0.369. The van der Waals surface area contributed by atoms with Crippen LogP contribution in [-0.4, -0.2) is 35.2 Å². The molecule has 2 aromatic heterocycles. The lowest BCUT2D eigenvalue weighted by molar-refractivity contribution is 0.0238. The highest BCUT2D eigenvalue weighted by Gasteiger charge is 2.54. The smallest absolute Gasteiger partial charge is 0.341 e. The summed E-state index contributed by atoms with van der Waals surface area (Å²) in [6.45, 7) is 13.8. The van der Waals surface area contributed by atoms with E-state index >= 15 is 0 Å². The van der Waals surface area contributed by atoms with Crippen molar-refractivity contribution in [1.29, 1.82) is 0 Å². The van der Waals surface area contributed by atoms with Crippen molar-refractivity contribution >= 4 is 22.6 Å². The van der Waals surface area contributed by atoms with Gasteiger partial charge in [-0.1, -0.05) is 32.0 Å². The summed E-state index contributed by atoms with van der Waals surface area (Å²) in [5.74, 6) is 0.340. The summed E-state index contributed by atoms with van der Waals surface area (Å²) in [6.07, 6.45) is 3.85. The molecule has 0 amide bonds. The number of hydrogen-bond donors (Lipinski definition) is 0. The Labute approximate surface area is 225 Å². The summed E-state index contributed by atoms with van der Waals surface area (Å²) >= 11 is 0. The number of para-hydroxylation sites is 1. The van der Waals surface area contributed by atoms with E-state index in [4.69, 9.17) is 14.5 Å². The van der Waals surface area contributed by atoms with E-state index < -0.39 is 5.60 Å². The van der Waals surface area contributed by atoms with Crippen molar-refractivity contribution in [1.82, 2.24) is 9.55 Å². The molecule has 1 unspecified atom stereocenters. The molecule has 0 aliphatic carbocycles. The maximum absolute atomic E-state index is 13.4. The largest absolute Gasteiger partial charge is 0.493 e. The molecule has 4 aromatic rings. The van der Waals surface area contributed by atoms with Crippen LogP contribution in [-0.2, 0) is 16.9 Å². The zero-order valence-electron chi connectivity index (χ0n) is 23.1. The van der Waals surface area contributed by atoms with Gasteiger partial charge in [-0.3, -0.25) is 4.98 Å². The third-order valence-electron chi connectivity index (χ3n) is 7.50. The number of pyridine rings is 1. The average molecular weight is 512 g/mol. The number of benzene rings is 2. The highest BCUT2D eigenvalue weighted by atomic mass is 16.6. The number of nitrogens with zero attached hydrogens (tertiary/aromatic N) is 3. The third kappa shape index (κ3) is 3.94. The Morgan fingerprint density at radius 1 is 1.00 bits per heavy atom. The van der Waals surface area contributed by atoms with Gasteiger partial charge in [-0.2, -0.15) is 0 Å². The number of aryl methyl sites for hydroxylation is 1. The normalized spacial score (nSPS) is 16.5. The van der Waals surface area contributed by atoms with Gasteiger partial charge in [0.15, 0.2) is 0 Å². The number of hydrogen-bond acceptors (Lipinski definition) is 5. The molecule has 1 aliphatic heterocycles. The van der Waals surface area contributed by atoms with Crippen LogP contribution in [0.25, 0.3) is 10.9 Å². The van der Waals surface area contributed by atoms with Gasteiger partial charge in [0.05, 0.1) is 12.2 Å². The predicted molar refractivity (Wildman–Crippen MR) is 152 cm³/mol. The van der Waals surface area contributed by atoms with Gasteiger partial charge in [0, 0.05) is 65.3 Å². The van der Waals surface area contributed by atoms with Crippen LogP contribution < -0.4 is 9.64 Å². The van der Waals surface area contributed by atoms with Crippen molar-refractivity contribution in [2.75, 3.05) is 24.6 Å². The van der Waals surface area contributed by atoms with E-state index in [1.54, 1.807) is 18.3 Å². The Morgan fingerprint density at radius 3 is 2.47 bits per heavy atom. The van der Waals surface area contributed by atoms with Gasteiger partial charge in [-0.05, 0) is 63.9 Å². The van der Waals surface area contributed by atoms with E-state index in [-0.39, 0.29) is 5.97 Å². The van der Waals surface area contributed by atoms with Crippen LogP contribution >= 0.6 is 0 Å². The number of carbonyl (C=O) groups is 1. The lowest BCUT2D eigenvalue weighted by Gasteiger charge is -2.32. The first-order valence-electron chi connectivity index (χ1n) is 13.8. The van der Waals surface area contributed by atoms with Crippen LogP contribution in [0.2, 0.25) is 0 Å². The molecule has 2 aromatic carbocycles. The molecule has 0 spiro atoms. The van der Waals surface area contributed by atoms with Crippen LogP contribution in [0.3, 0.4) is 0 Å². The van der Waals surface area contributed by atoms with E-state index in [1.807, 2.05) is 19.1 Å². The summed E-state index contributed by atoms with van der Waals surface area (Å²) < 4.78 is 15.1. The second-order valence-electron chi connectivity index (χ2n) is 9.79. The SMILES string of the molecule is CCCN(CCC)c1ccc(C2(c3c(C)n(CC)c4ccccc34)OC(=O)c3cccnc32)c(OCC)c1. The molecule has 0 N–H and O–H groups in total. The molecular weight excluding hydrogens is 474 g/mol. The first kappa shape index (κ1) is 25.8. The number of carbonyl (C=O) groups excluding carboxylic acids is 1. The van der Waals surface area contributed by atoms with Crippen molar-refractivity contribution < 1.29 is 14.3 Å². The van der Waals surface area contributed by atoms with Crippen LogP contribution in [0.4, 0.5) is 5.69 Å². The molecule has 0 saturated heterocycles. The minimum atomic E-state index is -1.23. The van der Waals surface area contributed by atoms with Crippen LogP contribution in [0, 0.1) is 6.92 Å². The summed E-state index contributed by atoms with van der Waals surface area (Å²) in [7, 11) is 0. The van der Waals surface area contributed by atoms with E-state index in [0.717, 1.165) is 65.9 Å². The van der Waals surface area contributed by atoms with Crippen molar-refractivity contribution in [2.45, 2.75) is 59.6 Å². The van der Waals surface area contributed by atoms with Crippen LogP contribution in [0.15, 0.2) is 60.8 Å². The summed E-state index contributed by atoms with van der Waals surface area (Å²) in [4.78, 5) is 20.6. The Bertz CT molecular complexity index is 1470. The Hall–Kier alpha value is -3.80. The summed E-state index contributed by atoms with van der Waals surface area (Å²) in [6, 6.07) is 18.2. The molecule has 3 heterocycles. The van der Waals surface area contributed by atoms with Gasteiger partial charge >= 0.3 is 5.97 Å². The van der Waals surface area contributed by atoms with Crippen molar-refractivity contribution in [3.63, 3.8) is 0 Å². The maximum Gasteiger partial charge on any atom is 0.341 e. The first-order valence-corrected chi connectivity index (χ1v) is 13.8. The summed E-state index contributed by atoms with van der Waals surface area (Å²) in [5, 5.41) is 1.04. The molecule has 0 fully saturated rings. The van der Waals surface area contributed by atoms with Gasteiger partial charge in [-0.15, -0.1) is 0 Å². The van der Waals surface area contributed by atoms with Gasteiger partial charge in [0.2, 0.25) is 5.60 Å². The second-order valence-corrected chi connectivity index (χ2v) is 9.79. The fourth-order valence-corrected chi connectivity index (χ4v) is 6.05. The van der Waals surface area contributed by atoms with Gasteiger partial charge < -0.3 is 18.9 Å². The molecule has 198 valence electrons. The second kappa shape index (κ2) is 10.5. The first-order chi connectivity index (χ1) is 18.5. The molecule has 0 saturated carbocycles. The van der Waals surface area contributed by atoms with Crippen molar-refractivity contribution in [2.24, 2.45) is 0 Å². The fraction of sp³-hybridized carbons (Fsp3) is 0.375.